The first kappa shape index (κ1) is 19.6. The Labute approximate surface area is 137 Å². The Morgan fingerprint density at radius 1 is 0.957 bits per heavy atom. The average Bonchev–Trinajstić information content (AvgIpc) is 2.54. The summed E-state index contributed by atoms with van der Waals surface area (Å²) >= 11 is 0. The number of nitrogens with one attached hydrogen (secondary N) is 1. The molecule has 0 aromatic heterocycles. The second-order valence-corrected chi connectivity index (χ2v) is 8.81. The number of hydrogen-bond acceptors (Lipinski definition) is 5. The van der Waals surface area contributed by atoms with Crippen LogP contribution in [0.2, 0.25) is 0 Å². The van der Waals surface area contributed by atoms with E-state index in [1.165, 1.54) is 36.1 Å². The molecule has 0 atom stereocenters. The zero-order valence-corrected chi connectivity index (χ0v) is 15.1. The Hall–Kier alpha value is -1.45. The largest absolute Gasteiger partial charge is 0.342 e. The van der Waals surface area contributed by atoms with Crippen molar-refractivity contribution in [2.24, 2.45) is 0 Å². The van der Waals surface area contributed by atoms with Gasteiger partial charge in [0.1, 0.15) is 0 Å². The highest BCUT2D eigenvalue weighted by molar-refractivity contribution is 7.91. The summed E-state index contributed by atoms with van der Waals surface area (Å²) in [6, 6.07) is 4.93. The average molecular weight is 362 g/mol. The van der Waals surface area contributed by atoms with E-state index in [1.54, 1.807) is 0 Å². The van der Waals surface area contributed by atoms with Crippen molar-refractivity contribution in [3.05, 3.63) is 24.3 Å². The van der Waals surface area contributed by atoms with Gasteiger partial charge in [-0.05, 0) is 38.1 Å². The SMILES string of the molecule is CCN(CC)C(=O)CNS(=O)(=O)c1ccc(S(=O)(=O)CC)cc1. The number of nitrogens with zero attached hydrogens (tertiary/aromatic N) is 1. The van der Waals surface area contributed by atoms with Gasteiger partial charge >= 0.3 is 0 Å². The molecule has 0 aliphatic rings. The van der Waals surface area contributed by atoms with Crippen LogP contribution in [0.3, 0.4) is 0 Å². The van der Waals surface area contributed by atoms with E-state index in [0.717, 1.165) is 0 Å². The molecule has 1 aromatic rings. The van der Waals surface area contributed by atoms with Crippen LogP contribution in [0, 0.1) is 0 Å². The van der Waals surface area contributed by atoms with Gasteiger partial charge in [0.25, 0.3) is 0 Å². The molecule has 1 amide bonds. The van der Waals surface area contributed by atoms with Gasteiger partial charge in [-0.2, -0.15) is 0 Å². The number of sulfone groups is 1. The molecule has 0 spiro atoms. The van der Waals surface area contributed by atoms with Crippen molar-refractivity contribution < 1.29 is 21.6 Å². The molecule has 0 heterocycles. The monoisotopic (exact) mass is 362 g/mol. The fourth-order valence-corrected chi connectivity index (χ4v) is 3.78. The molecule has 0 bridgehead atoms. The maximum absolute atomic E-state index is 12.1. The van der Waals surface area contributed by atoms with Crippen molar-refractivity contribution in [3.63, 3.8) is 0 Å². The molecule has 130 valence electrons. The Balaban J connectivity index is 2.87. The van der Waals surface area contributed by atoms with Crippen LogP contribution in [0.25, 0.3) is 0 Å². The third-order valence-electron chi connectivity index (χ3n) is 3.40. The first-order valence-electron chi connectivity index (χ1n) is 7.28. The highest BCUT2D eigenvalue weighted by Gasteiger charge is 2.19. The van der Waals surface area contributed by atoms with Crippen LogP contribution in [-0.2, 0) is 24.7 Å². The molecule has 1 rings (SSSR count). The highest BCUT2D eigenvalue weighted by Crippen LogP contribution is 2.15. The lowest BCUT2D eigenvalue weighted by atomic mass is 10.4. The number of hydrogen-bond donors (Lipinski definition) is 1. The summed E-state index contributed by atoms with van der Waals surface area (Å²) in [6.07, 6.45) is 0. The Morgan fingerprint density at radius 2 is 1.43 bits per heavy atom. The van der Waals surface area contributed by atoms with E-state index in [0.29, 0.717) is 13.1 Å². The van der Waals surface area contributed by atoms with Gasteiger partial charge in [0.15, 0.2) is 9.84 Å². The first-order valence-corrected chi connectivity index (χ1v) is 10.4. The van der Waals surface area contributed by atoms with Gasteiger partial charge in [0.2, 0.25) is 15.9 Å². The maximum atomic E-state index is 12.1. The zero-order valence-electron chi connectivity index (χ0n) is 13.4. The summed E-state index contributed by atoms with van der Waals surface area (Å²) in [7, 11) is -7.25. The van der Waals surface area contributed by atoms with Crippen LogP contribution in [0.5, 0.6) is 0 Å². The van der Waals surface area contributed by atoms with E-state index >= 15 is 0 Å². The minimum absolute atomic E-state index is 0.0598. The van der Waals surface area contributed by atoms with Gasteiger partial charge in [0, 0.05) is 13.1 Å². The summed E-state index contributed by atoms with van der Waals surface area (Å²) in [6.45, 7) is 5.80. The van der Waals surface area contributed by atoms with Gasteiger partial charge in [-0.15, -0.1) is 0 Å². The lowest BCUT2D eigenvalue weighted by molar-refractivity contribution is -0.129. The van der Waals surface area contributed by atoms with Gasteiger partial charge in [0.05, 0.1) is 22.1 Å². The first-order chi connectivity index (χ1) is 10.7. The van der Waals surface area contributed by atoms with Gasteiger partial charge in [-0.3, -0.25) is 4.79 Å². The van der Waals surface area contributed by atoms with E-state index < -0.39 is 19.9 Å². The third-order valence-corrected chi connectivity index (χ3v) is 6.57. The van der Waals surface area contributed by atoms with E-state index in [4.69, 9.17) is 0 Å². The number of sulfonamides is 1. The molecule has 1 N–H and O–H groups in total. The topological polar surface area (TPSA) is 101 Å². The third kappa shape index (κ3) is 5.02. The minimum atomic E-state index is -3.87. The molecular formula is C14H22N2O5S2. The lowest BCUT2D eigenvalue weighted by Crippen LogP contribution is -2.39. The van der Waals surface area contributed by atoms with Crippen LogP contribution in [0.4, 0.5) is 0 Å². The number of rotatable bonds is 8. The Morgan fingerprint density at radius 3 is 1.87 bits per heavy atom. The van der Waals surface area contributed by atoms with Crippen LogP contribution in [-0.4, -0.2) is 53.0 Å². The van der Waals surface area contributed by atoms with Crippen LogP contribution in [0.1, 0.15) is 20.8 Å². The quantitative estimate of drug-likeness (QED) is 0.731. The van der Waals surface area contributed by atoms with E-state index in [2.05, 4.69) is 4.72 Å². The molecule has 0 fully saturated rings. The standard InChI is InChI=1S/C14H22N2O5S2/c1-4-16(5-2)14(17)11-15-23(20,21)13-9-7-12(8-10-13)22(18,19)6-3/h7-10,15H,4-6,11H2,1-3H3. The fourth-order valence-electron chi connectivity index (χ4n) is 1.92. The van der Waals surface area contributed by atoms with E-state index in [-0.39, 0.29) is 28.0 Å². The van der Waals surface area contributed by atoms with Crippen LogP contribution >= 0.6 is 0 Å². The highest BCUT2D eigenvalue weighted by atomic mass is 32.2. The Bertz CT molecular complexity index is 736. The number of likely N-dealkylation sites (N-methyl/N-ethyl adjacent to an activating group) is 1. The number of carbonyl (C=O) groups excluding carboxylic acids is 1. The molecule has 0 unspecified atom stereocenters. The van der Waals surface area contributed by atoms with Crippen molar-refractivity contribution in [1.29, 1.82) is 0 Å². The predicted molar refractivity (Wildman–Crippen MR) is 87.3 cm³/mol. The fraction of sp³-hybridized carbons (Fsp3) is 0.500. The second kappa shape index (κ2) is 7.89. The minimum Gasteiger partial charge on any atom is -0.342 e. The molecule has 0 radical (unpaired) electrons. The van der Waals surface area contributed by atoms with Crippen molar-refractivity contribution in [2.45, 2.75) is 30.6 Å². The second-order valence-electron chi connectivity index (χ2n) is 4.77. The summed E-state index contributed by atoms with van der Waals surface area (Å²) in [5.74, 6) is -0.376. The van der Waals surface area contributed by atoms with Gasteiger partial charge < -0.3 is 4.90 Å². The molecular weight excluding hydrogens is 340 g/mol. The van der Waals surface area contributed by atoms with Crippen LogP contribution < -0.4 is 4.72 Å². The molecule has 23 heavy (non-hydrogen) atoms. The summed E-state index contributed by atoms with van der Waals surface area (Å²) in [5, 5.41) is 0. The molecule has 0 saturated carbocycles. The van der Waals surface area contributed by atoms with Gasteiger partial charge in [-0.1, -0.05) is 6.92 Å². The summed E-state index contributed by atoms with van der Waals surface area (Å²) < 4.78 is 49.9. The number of amides is 1. The smallest absolute Gasteiger partial charge is 0.241 e. The normalized spacial score (nSPS) is 12.1. The molecule has 7 nitrogen and oxygen atoms in total. The van der Waals surface area contributed by atoms with Crippen molar-refractivity contribution in [1.82, 2.24) is 9.62 Å². The number of carbonyl (C=O) groups is 1. The molecule has 0 aliphatic heterocycles. The van der Waals surface area contributed by atoms with Crippen molar-refractivity contribution in [2.75, 3.05) is 25.4 Å². The lowest BCUT2D eigenvalue weighted by Gasteiger charge is -2.18. The molecule has 0 saturated heterocycles. The maximum Gasteiger partial charge on any atom is 0.241 e. The summed E-state index contributed by atoms with van der Waals surface area (Å²) in [4.78, 5) is 13.3. The molecule has 9 heteroatoms. The molecule has 1 aromatic carbocycles. The summed E-state index contributed by atoms with van der Waals surface area (Å²) in [5.41, 5.74) is 0. The van der Waals surface area contributed by atoms with Gasteiger partial charge in [-0.25, -0.2) is 21.6 Å². The van der Waals surface area contributed by atoms with E-state index in [9.17, 15) is 21.6 Å². The van der Waals surface area contributed by atoms with Crippen molar-refractivity contribution >= 4 is 25.8 Å². The van der Waals surface area contributed by atoms with Crippen LogP contribution in [0.15, 0.2) is 34.1 Å². The Kier molecular flexibility index (Phi) is 6.72. The zero-order chi connectivity index (χ0) is 17.7. The number of benzene rings is 1. The molecule has 0 aliphatic carbocycles. The predicted octanol–water partition coefficient (Wildman–Crippen LogP) is 0.627. The van der Waals surface area contributed by atoms with E-state index in [1.807, 2.05) is 13.8 Å². The van der Waals surface area contributed by atoms with Crippen molar-refractivity contribution in [3.8, 4) is 0 Å².